The largest absolute Gasteiger partial charge is 0.331 e. The molecule has 1 aromatic rings. The molecule has 0 saturated carbocycles. The molecule has 1 atom stereocenters. The van der Waals surface area contributed by atoms with Crippen molar-refractivity contribution < 1.29 is 9.59 Å². The molecule has 1 unspecified atom stereocenters. The Labute approximate surface area is 123 Å². The molecule has 2 aliphatic heterocycles. The SMILES string of the molecule is O=C1C2CCCCN2C(=O)CCN1c1cccc(Cl)c1. The molecular formula is C15H17ClN2O2. The van der Waals surface area contributed by atoms with Crippen LogP contribution in [0.1, 0.15) is 25.7 Å². The van der Waals surface area contributed by atoms with Gasteiger partial charge < -0.3 is 9.80 Å². The monoisotopic (exact) mass is 292 g/mol. The van der Waals surface area contributed by atoms with Gasteiger partial charge in [0.2, 0.25) is 11.8 Å². The van der Waals surface area contributed by atoms with Crippen LogP contribution in [-0.4, -0.2) is 35.8 Å². The third-order valence-corrected chi connectivity index (χ3v) is 4.28. The minimum Gasteiger partial charge on any atom is -0.331 e. The van der Waals surface area contributed by atoms with Crippen LogP contribution in [0.15, 0.2) is 24.3 Å². The van der Waals surface area contributed by atoms with E-state index in [-0.39, 0.29) is 17.9 Å². The second-order valence-corrected chi connectivity index (χ2v) is 5.75. The number of hydrogen-bond donors (Lipinski definition) is 0. The summed E-state index contributed by atoms with van der Waals surface area (Å²) in [6.07, 6.45) is 3.15. The highest BCUT2D eigenvalue weighted by atomic mass is 35.5. The first-order valence-corrected chi connectivity index (χ1v) is 7.41. The maximum atomic E-state index is 12.7. The second kappa shape index (κ2) is 5.44. The number of benzene rings is 1. The second-order valence-electron chi connectivity index (χ2n) is 5.32. The predicted molar refractivity (Wildman–Crippen MR) is 77.8 cm³/mol. The summed E-state index contributed by atoms with van der Waals surface area (Å²) < 4.78 is 0. The quantitative estimate of drug-likeness (QED) is 0.798. The van der Waals surface area contributed by atoms with Gasteiger partial charge in [0.15, 0.2) is 0 Å². The molecule has 2 heterocycles. The Morgan fingerprint density at radius 1 is 1.15 bits per heavy atom. The van der Waals surface area contributed by atoms with Gasteiger partial charge in [-0.1, -0.05) is 17.7 Å². The first kappa shape index (κ1) is 13.4. The van der Waals surface area contributed by atoms with Gasteiger partial charge in [-0.15, -0.1) is 0 Å². The number of carbonyl (C=O) groups excluding carboxylic acids is 2. The number of fused-ring (bicyclic) bond motifs is 1. The normalized spacial score (nSPS) is 23.6. The minimum absolute atomic E-state index is 0.0258. The fourth-order valence-electron chi connectivity index (χ4n) is 3.03. The van der Waals surface area contributed by atoms with Crippen LogP contribution in [0.5, 0.6) is 0 Å². The van der Waals surface area contributed by atoms with Crippen LogP contribution in [0.4, 0.5) is 5.69 Å². The lowest BCUT2D eigenvalue weighted by atomic mass is 10.0. The number of carbonyl (C=O) groups is 2. The molecule has 0 spiro atoms. The molecule has 3 rings (SSSR count). The van der Waals surface area contributed by atoms with Gasteiger partial charge in [0.1, 0.15) is 6.04 Å². The number of amides is 2. The van der Waals surface area contributed by atoms with E-state index in [0.717, 1.165) is 24.9 Å². The third kappa shape index (κ3) is 2.40. The molecule has 4 nitrogen and oxygen atoms in total. The van der Waals surface area contributed by atoms with Crippen LogP contribution < -0.4 is 4.90 Å². The minimum atomic E-state index is -0.294. The van der Waals surface area contributed by atoms with Crippen molar-refractivity contribution in [3.8, 4) is 0 Å². The molecular weight excluding hydrogens is 276 g/mol. The lowest BCUT2D eigenvalue weighted by Crippen LogP contribution is -2.49. The first-order valence-electron chi connectivity index (χ1n) is 7.03. The van der Waals surface area contributed by atoms with Gasteiger partial charge in [0.25, 0.3) is 0 Å². The molecule has 0 bridgehead atoms. The summed E-state index contributed by atoms with van der Waals surface area (Å²) in [6.45, 7) is 1.14. The lowest BCUT2D eigenvalue weighted by Gasteiger charge is -2.34. The van der Waals surface area contributed by atoms with E-state index in [4.69, 9.17) is 11.6 Å². The summed E-state index contributed by atoms with van der Waals surface area (Å²) in [4.78, 5) is 28.4. The smallest absolute Gasteiger partial charge is 0.249 e. The van der Waals surface area contributed by atoms with Gasteiger partial charge >= 0.3 is 0 Å². The zero-order chi connectivity index (χ0) is 14.1. The van der Waals surface area contributed by atoms with Crippen LogP contribution in [0, 0.1) is 0 Å². The van der Waals surface area contributed by atoms with Crippen molar-refractivity contribution in [3.63, 3.8) is 0 Å². The Kier molecular flexibility index (Phi) is 3.66. The summed E-state index contributed by atoms with van der Waals surface area (Å²) in [7, 11) is 0. The average molecular weight is 293 g/mol. The summed E-state index contributed by atoms with van der Waals surface area (Å²) in [5.74, 6) is 0.116. The van der Waals surface area contributed by atoms with E-state index in [0.29, 0.717) is 24.5 Å². The van der Waals surface area contributed by atoms with E-state index < -0.39 is 0 Å². The highest BCUT2D eigenvalue weighted by Gasteiger charge is 2.38. The molecule has 2 saturated heterocycles. The number of hydrogen-bond acceptors (Lipinski definition) is 2. The molecule has 0 aromatic heterocycles. The Bertz CT molecular complexity index is 546. The van der Waals surface area contributed by atoms with E-state index in [1.807, 2.05) is 12.1 Å². The van der Waals surface area contributed by atoms with E-state index in [1.165, 1.54) is 0 Å². The molecule has 20 heavy (non-hydrogen) atoms. The van der Waals surface area contributed by atoms with Crippen LogP contribution in [-0.2, 0) is 9.59 Å². The van der Waals surface area contributed by atoms with Crippen LogP contribution >= 0.6 is 11.6 Å². The highest BCUT2D eigenvalue weighted by Crippen LogP contribution is 2.27. The van der Waals surface area contributed by atoms with E-state index >= 15 is 0 Å². The summed E-state index contributed by atoms with van der Waals surface area (Å²) in [5.41, 5.74) is 0.780. The van der Waals surface area contributed by atoms with Gasteiger partial charge in [-0.2, -0.15) is 0 Å². The number of piperidine rings is 1. The molecule has 5 heteroatoms. The number of nitrogens with zero attached hydrogens (tertiary/aromatic N) is 2. The number of halogens is 1. The molecule has 0 aliphatic carbocycles. The molecule has 2 aliphatic rings. The maximum absolute atomic E-state index is 12.7. The Balaban J connectivity index is 1.92. The first-order chi connectivity index (χ1) is 9.66. The third-order valence-electron chi connectivity index (χ3n) is 4.04. The summed E-state index contributed by atoms with van der Waals surface area (Å²) >= 11 is 6.00. The summed E-state index contributed by atoms with van der Waals surface area (Å²) in [5, 5.41) is 0.603. The maximum Gasteiger partial charge on any atom is 0.249 e. The zero-order valence-electron chi connectivity index (χ0n) is 11.2. The fourth-order valence-corrected chi connectivity index (χ4v) is 3.21. The Hall–Kier alpha value is -1.55. The van der Waals surface area contributed by atoms with E-state index in [9.17, 15) is 9.59 Å². The molecule has 106 valence electrons. The van der Waals surface area contributed by atoms with Crippen molar-refractivity contribution >= 4 is 29.1 Å². The van der Waals surface area contributed by atoms with E-state index in [1.54, 1.807) is 21.9 Å². The van der Waals surface area contributed by atoms with Crippen molar-refractivity contribution in [2.24, 2.45) is 0 Å². The Morgan fingerprint density at radius 2 is 2.00 bits per heavy atom. The van der Waals surface area contributed by atoms with Crippen LogP contribution in [0.2, 0.25) is 5.02 Å². The molecule has 2 amide bonds. The van der Waals surface area contributed by atoms with Crippen molar-refractivity contribution in [2.45, 2.75) is 31.7 Å². The predicted octanol–water partition coefficient (Wildman–Crippen LogP) is 2.46. The van der Waals surface area contributed by atoms with Crippen molar-refractivity contribution in [1.29, 1.82) is 0 Å². The lowest BCUT2D eigenvalue weighted by molar-refractivity contribution is -0.138. The standard InChI is InChI=1S/C15H17ClN2O2/c16-11-4-3-5-12(10-11)17-9-7-14(19)18-8-2-1-6-13(18)15(17)20/h3-5,10,13H,1-2,6-9H2. The fraction of sp³-hybridized carbons (Fsp3) is 0.467. The number of rotatable bonds is 1. The van der Waals surface area contributed by atoms with Crippen molar-refractivity contribution in [2.75, 3.05) is 18.0 Å². The Morgan fingerprint density at radius 3 is 2.80 bits per heavy atom. The molecule has 0 radical (unpaired) electrons. The highest BCUT2D eigenvalue weighted by molar-refractivity contribution is 6.31. The zero-order valence-corrected chi connectivity index (χ0v) is 12.0. The van der Waals surface area contributed by atoms with Crippen LogP contribution in [0.25, 0.3) is 0 Å². The molecule has 1 aromatic carbocycles. The number of anilines is 1. The molecule has 0 N–H and O–H groups in total. The molecule has 2 fully saturated rings. The van der Waals surface area contributed by atoms with Gasteiger partial charge in [-0.05, 0) is 37.5 Å². The van der Waals surface area contributed by atoms with Crippen molar-refractivity contribution in [3.05, 3.63) is 29.3 Å². The van der Waals surface area contributed by atoms with Gasteiger partial charge in [-0.25, -0.2) is 0 Å². The van der Waals surface area contributed by atoms with Gasteiger partial charge in [0, 0.05) is 30.2 Å². The summed E-state index contributed by atoms with van der Waals surface area (Å²) in [6, 6.07) is 6.97. The van der Waals surface area contributed by atoms with Crippen molar-refractivity contribution in [1.82, 2.24) is 4.90 Å². The topological polar surface area (TPSA) is 40.6 Å². The average Bonchev–Trinajstić information content (AvgIpc) is 2.58. The van der Waals surface area contributed by atoms with Crippen LogP contribution in [0.3, 0.4) is 0 Å². The van der Waals surface area contributed by atoms with E-state index in [2.05, 4.69) is 0 Å². The van der Waals surface area contributed by atoms with Gasteiger partial charge in [0.05, 0.1) is 0 Å². The van der Waals surface area contributed by atoms with Gasteiger partial charge in [-0.3, -0.25) is 9.59 Å².